The summed E-state index contributed by atoms with van der Waals surface area (Å²) in [5, 5.41) is 10.0. The molecule has 0 aliphatic rings. The van der Waals surface area contributed by atoms with E-state index in [1.54, 1.807) is 0 Å². The van der Waals surface area contributed by atoms with E-state index in [2.05, 4.69) is 5.92 Å². The van der Waals surface area contributed by atoms with Gasteiger partial charge in [-0.1, -0.05) is 17.5 Å². The maximum atomic E-state index is 13.4. The Morgan fingerprint density at radius 3 is 2.87 bits per heavy atom. The van der Waals surface area contributed by atoms with Crippen LogP contribution in [0, 0.1) is 18.2 Å². The molecule has 3 nitrogen and oxygen atoms in total. The van der Waals surface area contributed by atoms with Crippen molar-refractivity contribution in [3.8, 4) is 23.8 Å². The van der Waals surface area contributed by atoms with Gasteiger partial charge in [0.1, 0.15) is 23.9 Å². The number of terminal acetylenes is 1. The van der Waals surface area contributed by atoms with Crippen molar-refractivity contribution < 1.29 is 19.0 Å². The Kier molecular flexibility index (Phi) is 5.40. The number of phenols is 1. The van der Waals surface area contributed by atoms with Crippen LogP contribution in [0.3, 0.4) is 0 Å². The normalized spacial score (nSPS) is 10.5. The lowest BCUT2D eigenvalue weighted by molar-refractivity contribution is 0.104. The first-order valence-corrected chi connectivity index (χ1v) is 6.96. The molecule has 0 saturated carbocycles. The number of ketones is 1. The van der Waals surface area contributed by atoms with Gasteiger partial charge >= 0.3 is 0 Å². The van der Waals surface area contributed by atoms with Crippen molar-refractivity contribution in [2.24, 2.45) is 0 Å². The Bertz CT molecular complexity index is 806. The van der Waals surface area contributed by atoms with Gasteiger partial charge in [0, 0.05) is 10.6 Å². The second kappa shape index (κ2) is 7.48. The molecule has 116 valence electrons. The van der Waals surface area contributed by atoms with Crippen LogP contribution in [0.25, 0.3) is 6.08 Å². The minimum absolute atomic E-state index is 0.0233. The number of rotatable bonds is 5. The molecule has 0 heterocycles. The van der Waals surface area contributed by atoms with Gasteiger partial charge in [0.15, 0.2) is 5.78 Å². The van der Waals surface area contributed by atoms with Gasteiger partial charge in [-0.05, 0) is 48.6 Å². The van der Waals surface area contributed by atoms with Gasteiger partial charge < -0.3 is 9.84 Å². The van der Waals surface area contributed by atoms with E-state index in [9.17, 15) is 14.3 Å². The number of benzene rings is 2. The van der Waals surface area contributed by atoms with Gasteiger partial charge in [0.25, 0.3) is 0 Å². The molecule has 0 spiro atoms. The Morgan fingerprint density at radius 1 is 1.35 bits per heavy atom. The first-order valence-electron chi connectivity index (χ1n) is 6.58. The lowest BCUT2D eigenvalue weighted by atomic mass is 10.1. The van der Waals surface area contributed by atoms with E-state index < -0.39 is 11.6 Å². The molecular weight excluding hydrogens is 319 g/mol. The van der Waals surface area contributed by atoms with Gasteiger partial charge in [0.2, 0.25) is 0 Å². The third kappa shape index (κ3) is 4.35. The number of halogens is 2. The molecule has 0 saturated heterocycles. The topological polar surface area (TPSA) is 46.5 Å². The molecule has 0 radical (unpaired) electrons. The lowest BCUT2D eigenvalue weighted by Gasteiger charge is -2.06. The zero-order valence-electron chi connectivity index (χ0n) is 11.9. The summed E-state index contributed by atoms with van der Waals surface area (Å²) >= 11 is 5.81. The fraction of sp³-hybridized carbons (Fsp3) is 0.0556. The van der Waals surface area contributed by atoms with E-state index in [0.29, 0.717) is 16.3 Å². The molecule has 0 unspecified atom stereocenters. The number of ether oxygens (including phenoxy) is 1. The molecule has 0 atom stereocenters. The monoisotopic (exact) mass is 330 g/mol. The summed E-state index contributed by atoms with van der Waals surface area (Å²) in [4.78, 5) is 12.1. The van der Waals surface area contributed by atoms with Crippen molar-refractivity contribution in [3.63, 3.8) is 0 Å². The third-order valence-electron chi connectivity index (χ3n) is 2.92. The zero-order chi connectivity index (χ0) is 16.8. The minimum Gasteiger partial charge on any atom is -0.507 e. The Hall–Kier alpha value is -2.77. The summed E-state index contributed by atoms with van der Waals surface area (Å²) in [6.45, 7) is 0.0233. The Labute approximate surface area is 138 Å². The largest absolute Gasteiger partial charge is 0.507 e. The Balaban J connectivity index is 2.29. The van der Waals surface area contributed by atoms with E-state index in [-0.39, 0.29) is 17.9 Å². The summed E-state index contributed by atoms with van der Waals surface area (Å²) in [7, 11) is 0. The predicted molar refractivity (Wildman–Crippen MR) is 87.2 cm³/mol. The van der Waals surface area contributed by atoms with Crippen LogP contribution in [0.1, 0.15) is 15.9 Å². The maximum Gasteiger partial charge on any atom is 0.189 e. The number of hydrogen-bond donors (Lipinski definition) is 1. The van der Waals surface area contributed by atoms with Crippen molar-refractivity contribution in [3.05, 3.63) is 64.4 Å². The van der Waals surface area contributed by atoms with Gasteiger partial charge in [-0.2, -0.15) is 0 Å². The summed E-state index contributed by atoms with van der Waals surface area (Å²) in [5.74, 6) is 1.52. The number of aromatic hydroxyl groups is 1. The van der Waals surface area contributed by atoms with Crippen molar-refractivity contribution >= 4 is 23.5 Å². The van der Waals surface area contributed by atoms with Crippen LogP contribution in [0.5, 0.6) is 11.5 Å². The summed E-state index contributed by atoms with van der Waals surface area (Å²) in [5.41, 5.74) is 0.409. The molecule has 5 heteroatoms. The zero-order valence-corrected chi connectivity index (χ0v) is 12.7. The molecule has 2 aromatic carbocycles. The van der Waals surface area contributed by atoms with Gasteiger partial charge in [-0.25, -0.2) is 4.39 Å². The van der Waals surface area contributed by atoms with Crippen molar-refractivity contribution in [2.45, 2.75) is 0 Å². The molecule has 0 aliphatic carbocycles. The molecule has 2 rings (SSSR count). The fourth-order valence-corrected chi connectivity index (χ4v) is 2.03. The van der Waals surface area contributed by atoms with Crippen LogP contribution < -0.4 is 4.74 Å². The molecule has 0 fully saturated rings. The average Bonchev–Trinajstić information content (AvgIpc) is 2.54. The fourth-order valence-electron chi connectivity index (χ4n) is 1.86. The number of carbonyl (C=O) groups is 1. The van der Waals surface area contributed by atoms with Gasteiger partial charge in [0.05, 0.1) is 5.56 Å². The highest BCUT2D eigenvalue weighted by Crippen LogP contribution is 2.24. The lowest BCUT2D eigenvalue weighted by Crippen LogP contribution is -1.97. The van der Waals surface area contributed by atoms with E-state index >= 15 is 0 Å². The van der Waals surface area contributed by atoms with Crippen LogP contribution in [0.2, 0.25) is 5.02 Å². The van der Waals surface area contributed by atoms with Crippen molar-refractivity contribution in [2.75, 3.05) is 6.61 Å². The first-order chi connectivity index (χ1) is 11.0. The van der Waals surface area contributed by atoms with Crippen LogP contribution in [0.15, 0.2) is 42.5 Å². The average molecular weight is 331 g/mol. The molecule has 2 aromatic rings. The summed E-state index contributed by atoms with van der Waals surface area (Å²) in [6.07, 6.45) is 7.71. The molecular formula is C18H12ClFO3. The first kappa shape index (κ1) is 16.6. The van der Waals surface area contributed by atoms with Crippen molar-refractivity contribution in [1.29, 1.82) is 0 Å². The van der Waals surface area contributed by atoms with Gasteiger partial charge in [-0.3, -0.25) is 4.79 Å². The SMILES string of the molecule is C#CCOc1ccc(F)cc1/C=C/C(=O)c1cc(Cl)ccc1O. The standard InChI is InChI=1S/C18H12ClFO3/c1-2-9-23-18-8-5-14(20)10-12(18)3-6-16(21)15-11-13(19)4-7-17(15)22/h1,3-8,10-11,22H,9H2/b6-3+. The highest BCUT2D eigenvalue weighted by Gasteiger charge is 2.10. The van der Waals surface area contributed by atoms with E-state index in [1.807, 2.05) is 0 Å². The molecule has 0 amide bonds. The smallest absolute Gasteiger partial charge is 0.189 e. The second-order valence-corrected chi connectivity index (χ2v) is 4.97. The van der Waals surface area contributed by atoms with Crippen molar-refractivity contribution in [1.82, 2.24) is 0 Å². The molecule has 23 heavy (non-hydrogen) atoms. The number of allylic oxidation sites excluding steroid dienone is 1. The highest BCUT2D eigenvalue weighted by molar-refractivity contribution is 6.31. The molecule has 1 N–H and O–H groups in total. The summed E-state index contributed by atoms with van der Waals surface area (Å²) in [6, 6.07) is 8.02. The van der Waals surface area contributed by atoms with E-state index in [0.717, 1.165) is 0 Å². The van der Waals surface area contributed by atoms with Crippen LogP contribution in [-0.4, -0.2) is 17.5 Å². The molecule has 0 aliphatic heterocycles. The third-order valence-corrected chi connectivity index (χ3v) is 3.16. The van der Waals surface area contributed by atoms with Crippen LogP contribution in [-0.2, 0) is 0 Å². The second-order valence-electron chi connectivity index (χ2n) is 4.53. The maximum absolute atomic E-state index is 13.4. The van der Waals surface area contributed by atoms with Gasteiger partial charge in [-0.15, -0.1) is 6.42 Å². The van der Waals surface area contributed by atoms with Crippen LogP contribution in [0.4, 0.5) is 4.39 Å². The Morgan fingerprint density at radius 2 is 2.13 bits per heavy atom. The van der Waals surface area contributed by atoms with E-state index in [4.69, 9.17) is 22.8 Å². The quantitative estimate of drug-likeness (QED) is 0.510. The number of hydrogen-bond acceptors (Lipinski definition) is 3. The summed E-state index contributed by atoms with van der Waals surface area (Å²) < 4.78 is 18.6. The molecule has 0 bridgehead atoms. The molecule has 0 aromatic heterocycles. The van der Waals surface area contributed by atoms with E-state index in [1.165, 1.54) is 48.6 Å². The number of carbonyl (C=O) groups excluding carboxylic acids is 1. The highest BCUT2D eigenvalue weighted by atomic mass is 35.5. The number of phenolic OH excluding ortho intramolecular Hbond substituents is 1. The van der Waals surface area contributed by atoms with Crippen LogP contribution >= 0.6 is 11.6 Å². The minimum atomic E-state index is -0.476. The predicted octanol–water partition coefficient (Wildman–Crippen LogP) is 4.09.